The van der Waals surface area contributed by atoms with Gasteiger partial charge in [-0.1, -0.05) is 157 Å². The third-order valence-electron chi connectivity index (χ3n) is 14.5. The molecule has 0 aliphatic heterocycles. The summed E-state index contributed by atoms with van der Waals surface area (Å²) in [6.45, 7) is 14.6. The van der Waals surface area contributed by atoms with Gasteiger partial charge in [0.1, 0.15) is 0 Å². The van der Waals surface area contributed by atoms with Crippen LogP contribution in [0.1, 0.15) is 52.7 Å². The SMILES string of the molecule is CC1(C)c2cc3c4cc(-c5ccc6c7ccccc7n(-c7nc(-c8ccccc8)cc(-c8ccccc8)n7)c6c5)ccc4n(-c4ccccc4)c3cc2C(C)(C)C1(C)C. The Balaban J connectivity index is 1.15. The van der Waals surface area contributed by atoms with Crippen molar-refractivity contribution in [2.24, 2.45) is 5.41 Å². The summed E-state index contributed by atoms with van der Waals surface area (Å²) in [5.74, 6) is 0.650. The minimum Gasteiger partial charge on any atom is -0.309 e. The predicted octanol–water partition coefficient (Wildman–Crippen LogP) is 14.3. The highest BCUT2D eigenvalue weighted by Gasteiger charge is 2.57. The van der Waals surface area contributed by atoms with E-state index in [0.29, 0.717) is 5.95 Å². The van der Waals surface area contributed by atoms with Crippen molar-refractivity contribution in [2.45, 2.75) is 52.4 Å². The fourth-order valence-electron chi connectivity index (χ4n) is 10.0. The molecule has 7 aromatic carbocycles. The van der Waals surface area contributed by atoms with E-state index in [2.05, 4.69) is 208 Å². The first-order chi connectivity index (χ1) is 28.5. The van der Waals surface area contributed by atoms with E-state index < -0.39 is 0 Å². The molecule has 3 aromatic heterocycles. The van der Waals surface area contributed by atoms with Gasteiger partial charge in [-0.2, -0.15) is 0 Å². The Morgan fingerprint density at radius 2 is 0.847 bits per heavy atom. The number of rotatable bonds is 5. The van der Waals surface area contributed by atoms with Crippen LogP contribution in [-0.2, 0) is 10.8 Å². The lowest BCUT2D eigenvalue weighted by molar-refractivity contribution is 0.125. The van der Waals surface area contributed by atoms with Gasteiger partial charge in [0.2, 0.25) is 5.95 Å². The molecule has 0 amide bonds. The Morgan fingerprint density at radius 1 is 0.356 bits per heavy atom. The average Bonchev–Trinajstić information content (AvgIpc) is 3.81. The minimum atomic E-state index is -0.00247. The van der Waals surface area contributed by atoms with Crippen molar-refractivity contribution >= 4 is 43.6 Å². The monoisotopic (exact) mass is 762 g/mol. The van der Waals surface area contributed by atoms with Crippen molar-refractivity contribution in [3.05, 3.63) is 181 Å². The van der Waals surface area contributed by atoms with E-state index in [-0.39, 0.29) is 16.2 Å². The highest BCUT2D eigenvalue weighted by molar-refractivity contribution is 6.13. The van der Waals surface area contributed by atoms with Crippen molar-refractivity contribution in [2.75, 3.05) is 0 Å². The van der Waals surface area contributed by atoms with E-state index in [1.807, 2.05) is 12.1 Å². The molecule has 0 spiro atoms. The maximum atomic E-state index is 5.29. The second kappa shape index (κ2) is 12.6. The van der Waals surface area contributed by atoms with Gasteiger partial charge in [-0.25, -0.2) is 9.97 Å². The Kier molecular flexibility index (Phi) is 7.56. The molecule has 4 heteroatoms. The minimum absolute atomic E-state index is 0.00247. The van der Waals surface area contributed by atoms with Crippen LogP contribution in [0.25, 0.3) is 88.9 Å². The van der Waals surface area contributed by atoms with Crippen molar-refractivity contribution in [3.8, 4) is 45.3 Å². The van der Waals surface area contributed by atoms with Crippen LogP contribution in [0.4, 0.5) is 0 Å². The molecule has 1 aliphatic carbocycles. The van der Waals surface area contributed by atoms with Gasteiger partial charge in [-0.05, 0) is 93.1 Å². The first kappa shape index (κ1) is 35.4. The summed E-state index contributed by atoms with van der Waals surface area (Å²) in [7, 11) is 0. The molecule has 0 saturated carbocycles. The number of para-hydroxylation sites is 2. The third-order valence-corrected chi connectivity index (χ3v) is 14.5. The molecular formula is C55H46N4. The molecule has 286 valence electrons. The van der Waals surface area contributed by atoms with Crippen molar-refractivity contribution < 1.29 is 0 Å². The number of hydrogen-bond acceptors (Lipinski definition) is 2. The molecule has 11 rings (SSSR count). The van der Waals surface area contributed by atoms with Crippen LogP contribution >= 0.6 is 0 Å². The molecule has 0 bridgehead atoms. The van der Waals surface area contributed by atoms with E-state index >= 15 is 0 Å². The second-order valence-corrected chi connectivity index (χ2v) is 17.9. The molecule has 3 heterocycles. The molecular weight excluding hydrogens is 717 g/mol. The zero-order valence-electron chi connectivity index (χ0n) is 34.5. The highest BCUT2D eigenvalue weighted by Crippen LogP contribution is 2.62. The van der Waals surface area contributed by atoms with Gasteiger partial charge < -0.3 is 4.57 Å². The van der Waals surface area contributed by atoms with Crippen LogP contribution in [0.2, 0.25) is 0 Å². The van der Waals surface area contributed by atoms with Crippen molar-refractivity contribution in [3.63, 3.8) is 0 Å². The van der Waals surface area contributed by atoms with Gasteiger partial charge in [-0.15, -0.1) is 0 Å². The molecule has 0 atom stereocenters. The van der Waals surface area contributed by atoms with Crippen LogP contribution in [0.5, 0.6) is 0 Å². The summed E-state index contributed by atoms with van der Waals surface area (Å²) >= 11 is 0. The van der Waals surface area contributed by atoms with E-state index in [1.54, 1.807) is 0 Å². The molecule has 0 unspecified atom stereocenters. The number of aromatic nitrogens is 4. The van der Waals surface area contributed by atoms with Gasteiger partial charge in [0.25, 0.3) is 0 Å². The maximum absolute atomic E-state index is 5.29. The van der Waals surface area contributed by atoms with E-state index in [9.17, 15) is 0 Å². The van der Waals surface area contributed by atoms with Crippen molar-refractivity contribution in [1.82, 2.24) is 19.1 Å². The van der Waals surface area contributed by atoms with Crippen LogP contribution < -0.4 is 0 Å². The molecule has 10 aromatic rings. The number of benzene rings is 7. The zero-order chi connectivity index (χ0) is 40.3. The maximum Gasteiger partial charge on any atom is 0.235 e. The molecule has 0 fully saturated rings. The zero-order valence-corrected chi connectivity index (χ0v) is 34.5. The van der Waals surface area contributed by atoms with Crippen LogP contribution in [0.3, 0.4) is 0 Å². The van der Waals surface area contributed by atoms with Gasteiger partial charge in [0.05, 0.1) is 33.5 Å². The van der Waals surface area contributed by atoms with Gasteiger partial charge in [-0.3, -0.25) is 4.57 Å². The smallest absolute Gasteiger partial charge is 0.235 e. The van der Waals surface area contributed by atoms with E-state index in [0.717, 1.165) is 39.1 Å². The summed E-state index contributed by atoms with van der Waals surface area (Å²) in [4.78, 5) is 10.6. The lowest BCUT2D eigenvalue weighted by atomic mass is 9.59. The van der Waals surface area contributed by atoms with E-state index in [1.165, 1.54) is 55.0 Å². The average molecular weight is 763 g/mol. The first-order valence-electron chi connectivity index (χ1n) is 20.8. The molecule has 0 saturated heterocycles. The molecule has 4 nitrogen and oxygen atoms in total. The molecule has 59 heavy (non-hydrogen) atoms. The Bertz CT molecular complexity index is 3220. The molecule has 1 aliphatic rings. The topological polar surface area (TPSA) is 35.6 Å². The third kappa shape index (κ3) is 5.08. The lowest BCUT2D eigenvalue weighted by Crippen LogP contribution is -2.42. The van der Waals surface area contributed by atoms with Crippen LogP contribution in [0, 0.1) is 5.41 Å². The Labute approximate surface area is 345 Å². The van der Waals surface area contributed by atoms with E-state index in [4.69, 9.17) is 9.97 Å². The summed E-state index contributed by atoms with van der Waals surface area (Å²) in [5.41, 5.74) is 15.0. The Hall–Kier alpha value is -6.78. The largest absolute Gasteiger partial charge is 0.309 e. The summed E-state index contributed by atoms with van der Waals surface area (Å²) in [6, 6.07) is 61.3. The standard InChI is InChI=1S/C55H46N4/c1-53(2)44-32-43-42-30-37(27-29-49(42)58(39-22-14-9-15-23-39)51(43)33-45(44)54(3,4)55(53,5)6)38-26-28-41-40-24-16-17-25-48(40)59(50(41)31-38)52-56-46(35-18-10-7-11-19-35)34-47(57-52)36-20-12-8-13-21-36/h7-34H,1-6H3. The number of nitrogens with zero attached hydrogens (tertiary/aromatic N) is 4. The number of hydrogen-bond donors (Lipinski definition) is 0. The highest BCUT2D eigenvalue weighted by atomic mass is 15.2. The predicted molar refractivity (Wildman–Crippen MR) is 247 cm³/mol. The van der Waals surface area contributed by atoms with Gasteiger partial charge in [0, 0.05) is 38.4 Å². The van der Waals surface area contributed by atoms with Crippen LogP contribution in [0.15, 0.2) is 170 Å². The second-order valence-electron chi connectivity index (χ2n) is 17.9. The Morgan fingerprint density at radius 3 is 1.51 bits per heavy atom. The fourth-order valence-corrected chi connectivity index (χ4v) is 10.0. The summed E-state index contributed by atoms with van der Waals surface area (Å²) < 4.78 is 4.72. The summed E-state index contributed by atoms with van der Waals surface area (Å²) in [5, 5.41) is 4.90. The van der Waals surface area contributed by atoms with Crippen LogP contribution in [-0.4, -0.2) is 19.1 Å². The normalized spacial score (nSPS) is 15.4. The van der Waals surface area contributed by atoms with Gasteiger partial charge >= 0.3 is 0 Å². The summed E-state index contributed by atoms with van der Waals surface area (Å²) in [6.07, 6.45) is 0. The molecule has 0 N–H and O–H groups in total. The number of fused-ring (bicyclic) bond motifs is 7. The molecule has 0 radical (unpaired) electrons. The van der Waals surface area contributed by atoms with Crippen molar-refractivity contribution in [1.29, 1.82) is 0 Å². The van der Waals surface area contributed by atoms with Gasteiger partial charge in [0.15, 0.2) is 0 Å². The fraction of sp³-hybridized carbons (Fsp3) is 0.164. The quantitative estimate of drug-likeness (QED) is 0.175. The first-order valence-corrected chi connectivity index (χ1v) is 20.8. The lowest BCUT2D eigenvalue weighted by Gasteiger charge is -2.44.